The summed E-state index contributed by atoms with van der Waals surface area (Å²) in [6, 6.07) is 4.07. The zero-order chi connectivity index (χ0) is 22.2. The molecule has 0 spiro atoms. The molecule has 1 N–H and O–H groups in total. The highest BCUT2D eigenvalue weighted by molar-refractivity contribution is 6.25. The average molecular weight is 415 g/mol. The Morgan fingerprint density at radius 2 is 1.70 bits per heavy atom. The highest BCUT2D eigenvalue weighted by Gasteiger charge is 2.44. The topological polar surface area (TPSA) is 72.8 Å². The summed E-state index contributed by atoms with van der Waals surface area (Å²) in [5.74, 6) is -0.670. The predicted octanol–water partition coefficient (Wildman–Crippen LogP) is 4.29. The van der Waals surface area contributed by atoms with E-state index >= 15 is 0 Å². The number of allylic oxidation sites excluding steroid dienone is 2. The number of hydrogen-bond donors (Lipinski definition) is 1. The fraction of sp³-hybridized carbons (Fsp3) is 0.600. The number of benzene rings is 1. The molecule has 5 heteroatoms. The van der Waals surface area contributed by atoms with Crippen molar-refractivity contribution in [2.75, 3.05) is 13.2 Å². The highest BCUT2D eigenvalue weighted by Crippen LogP contribution is 2.42. The zero-order valence-electron chi connectivity index (χ0n) is 19.0. The van der Waals surface area contributed by atoms with Gasteiger partial charge in [0.25, 0.3) is 0 Å². The lowest BCUT2D eigenvalue weighted by molar-refractivity contribution is -0.148. The van der Waals surface area contributed by atoms with Gasteiger partial charge in [0.05, 0.1) is 23.0 Å². The van der Waals surface area contributed by atoms with E-state index in [9.17, 15) is 14.7 Å². The van der Waals surface area contributed by atoms with Gasteiger partial charge < -0.3 is 14.6 Å². The monoisotopic (exact) mass is 414 g/mol. The SMILES string of the molecule is Cc1cc(C)c(C2=C(OC(=O)C(C)(C)C)CC(C(O)C3CCOCC3)C2=O)c(C)c1. The Morgan fingerprint density at radius 3 is 2.23 bits per heavy atom. The lowest BCUT2D eigenvalue weighted by Gasteiger charge is -2.30. The summed E-state index contributed by atoms with van der Waals surface area (Å²) < 4.78 is 11.2. The molecule has 0 saturated carbocycles. The van der Waals surface area contributed by atoms with Gasteiger partial charge in [-0.1, -0.05) is 17.7 Å². The Morgan fingerprint density at radius 1 is 1.13 bits per heavy atom. The van der Waals surface area contributed by atoms with Gasteiger partial charge in [0, 0.05) is 19.6 Å². The van der Waals surface area contributed by atoms with Crippen LogP contribution in [0.2, 0.25) is 0 Å². The third kappa shape index (κ3) is 4.52. The lowest BCUT2D eigenvalue weighted by Crippen LogP contribution is -2.36. The minimum atomic E-state index is -0.770. The lowest BCUT2D eigenvalue weighted by atomic mass is 9.82. The van der Waals surface area contributed by atoms with Gasteiger partial charge in [-0.2, -0.15) is 0 Å². The molecule has 5 nitrogen and oxygen atoms in total. The van der Waals surface area contributed by atoms with E-state index in [0.29, 0.717) is 24.5 Å². The van der Waals surface area contributed by atoms with E-state index in [2.05, 4.69) is 0 Å². The van der Waals surface area contributed by atoms with Crippen molar-refractivity contribution in [1.29, 1.82) is 0 Å². The van der Waals surface area contributed by atoms with E-state index in [1.807, 2.05) is 32.9 Å². The van der Waals surface area contributed by atoms with Crippen molar-refractivity contribution >= 4 is 17.3 Å². The van der Waals surface area contributed by atoms with Crippen molar-refractivity contribution in [1.82, 2.24) is 0 Å². The average Bonchev–Trinajstić information content (AvgIpc) is 2.97. The molecule has 1 aromatic rings. The van der Waals surface area contributed by atoms with E-state index in [1.54, 1.807) is 20.8 Å². The molecule has 0 radical (unpaired) electrons. The molecule has 3 rings (SSSR count). The number of aliphatic hydroxyl groups is 1. The first-order valence-corrected chi connectivity index (χ1v) is 10.8. The number of Topliss-reactive ketones (excluding diaryl/α,β-unsaturated/α-hetero) is 1. The molecule has 0 bridgehead atoms. The first-order chi connectivity index (χ1) is 14.0. The van der Waals surface area contributed by atoms with Crippen molar-refractivity contribution in [3.8, 4) is 0 Å². The molecule has 30 heavy (non-hydrogen) atoms. The largest absolute Gasteiger partial charge is 0.430 e. The third-order valence-corrected chi connectivity index (χ3v) is 6.18. The van der Waals surface area contributed by atoms with Crippen LogP contribution in [0.15, 0.2) is 17.9 Å². The quantitative estimate of drug-likeness (QED) is 0.744. The summed E-state index contributed by atoms with van der Waals surface area (Å²) in [4.78, 5) is 26.2. The maximum Gasteiger partial charge on any atom is 0.316 e. The van der Waals surface area contributed by atoms with E-state index < -0.39 is 17.4 Å². The second kappa shape index (κ2) is 8.64. The van der Waals surface area contributed by atoms with Crippen LogP contribution >= 0.6 is 0 Å². The third-order valence-electron chi connectivity index (χ3n) is 6.18. The summed E-state index contributed by atoms with van der Waals surface area (Å²) >= 11 is 0. The van der Waals surface area contributed by atoms with Crippen LogP contribution in [0.4, 0.5) is 0 Å². The van der Waals surface area contributed by atoms with Gasteiger partial charge in [0.2, 0.25) is 0 Å². The Bertz CT molecular complexity index is 845. The molecule has 2 aliphatic rings. The van der Waals surface area contributed by atoms with E-state index in [4.69, 9.17) is 9.47 Å². The number of aryl methyl sites for hydroxylation is 3. The standard InChI is InChI=1S/C25H34O5/c1-14-11-15(2)20(16(3)12-14)21-19(30-24(28)25(4,5)6)13-18(23(21)27)22(26)17-7-9-29-10-8-17/h11-12,17-18,22,26H,7-10,13H2,1-6H3. The van der Waals surface area contributed by atoms with Crippen molar-refractivity contribution < 1.29 is 24.2 Å². The maximum absolute atomic E-state index is 13.6. The molecule has 0 amide bonds. The number of carbonyl (C=O) groups is 2. The predicted molar refractivity (Wildman–Crippen MR) is 116 cm³/mol. The van der Waals surface area contributed by atoms with Crippen molar-refractivity contribution in [2.45, 2.75) is 66.9 Å². The molecule has 1 fully saturated rings. The van der Waals surface area contributed by atoms with Crippen LogP contribution < -0.4 is 0 Å². The Kier molecular flexibility index (Phi) is 6.54. The Hall–Kier alpha value is -1.98. The number of aliphatic hydroxyl groups excluding tert-OH is 1. The van der Waals surface area contributed by atoms with Gasteiger partial charge in [-0.15, -0.1) is 0 Å². The Balaban J connectivity index is 2.01. The van der Waals surface area contributed by atoms with Crippen molar-refractivity contribution in [3.63, 3.8) is 0 Å². The van der Waals surface area contributed by atoms with Crippen LogP contribution in [0.1, 0.15) is 62.3 Å². The number of hydrogen-bond acceptors (Lipinski definition) is 5. The summed E-state index contributed by atoms with van der Waals surface area (Å²) in [5.41, 5.74) is 3.66. The van der Waals surface area contributed by atoms with Crippen LogP contribution in [0, 0.1) is 38.0 Å². The molecule has 1 aliphatic carbocycles. The molecule has 1 saturated heterocycles. The first-order valence-electron chi connectivity index (χ1n) is 10.8. The normalized spacial score (nSPS) is 21.8. The van der Waals surface area contributed by atoms with Crippen molar-refractivity contribution in [2.24, 2.45) is 17.3 Å². The van der Waals surface area contributed by atoms with E-state index in [1.165, 1.54) is 0 Å². The van der Waals surface area contributed by atoms with Crippen LogP contribution in [0.25, 0.3) is 5.57 Å². The number of ketones is 1. The molecular weight excluding hydrogens is 380 g/mol. The maximum atomic E-state index is 13.6. The van der Waals surface area contributed by atoms with E-state index in [0.717, 1.165) is 35.1 Å². The van der Waals surface area contributed by atoms with Gasteiger partial charge in [-0.25, -0.2) is 0 Å². The Labute approximate surface area is 179 Å². The van der Waals surface area contributed by atoms with Gasteiger partial charge in [0.1, 0.15) is 5.76 Å². The minimum Gasteiger partial charge on any atom is -0.430 e. The van der Waals surface area contributed by atoms with Crippen LogP contribution in [0.5, 0.6) is 0 Å². The van der Waals surface area contributed by atoms with Crippen LogP contribution in [-0.2, 0) is 19.1 Å². The first kappa shape index (κ1) is 22.7. The fourth-order valence-electron chi connectivity index (χ4n) is 4.57. The smallest absolute Gasteiger partial charge is 0.316 e. The number of esters is 1. The second-order valence-corrected chi connectivity index (χ2v) is 9.83. The molecule has 1 heterocycles. The molecule has 1 aromatic carbocycles. The molecule has 164 valence electrons. The van der Waals surface area contributed by atoms with Crippen LogP contribution in [0.3, 0.4) is 0 Å². The molecule has 2 atom stereocenters. The van der Waals surface area contributed by atoms with Gasteiger partial charge >= 0.3 is 5.97 Å². The molecular formula is C25H34O5. The molecule has 1 aliphatic heterocycles. The second-order valence-electron chi connectivity index (χ2n) is 9.83. The van der Waals surface area contributed by atoms with Crippen molar-refractivity contribution in [3.05, 3.63) is 40.1 Å². The van der Waals surface area contributed by atoms with Gasteiger partial charge in [-0.3, -0.25) is 9.59 Å². The summed E-state index contributed by atoms with van der Waals surface area (Å²) in [6.45, 7) is 12.6. The summed E-state index contributed by atoms with van der Waals surface area (Å²) in [5, 5.41) is 11.1. The number of carbonyl (C=O) groups excluding carboxylic acids is 2. The number of rotatable bonds is 4. The fourth-order valence-corrected chi connectivity index (χ4v) is 4.57. The molecule has 0 aromatic heterocycles. The summed E-state index contributed by atoms with van der Waals surface area (Å²) in [6.07, 6.45) is 0.953. The van der Waals surface area contributed by atoms with Gasteiger partial charge in [-0.05, 0) is 77.0 Å². The highest BCUT2D eigenvalue weighted by atomic mass is 16.5. The van der Waals surface area contributed by atoms with Crippen LogP contribution in [-0.4, -0.2) is 36.2 Å². The van der Waals surface area contributed by atoms with Gasteiger partial charge in [0.15, 0.2) is 5.78 Å². The summed E-state index contributed by atoms with van der Waals surface area (Å²) in [7, 11) is 0. The minimum absolute atomic E-state index is 0.0202. The van der Waals surface area contributed by atoms with E-state index in [-0.39, 0.29) is 24.1 Å². The molecule has 2 unspecified atom stereocenters. The zero-order valence-corrected chi connectivity index (χ0v) is 19.0. The number of ether oxygens (including phenoxy) is 2.